The highest BCUT2D eigenvalue weighted by molar-refractivity contribution is 5.80. The summed E-state index contributed by atoms with van der Waals surface area (Å²) >= 11 is 0. The molecule has 1 aromatic rings. The molecule has 0 saturated heterocycles. The molecule has 0 bridgehead atoms. The van der Waals surface area contributed by atoms with Crippen molar-refractivity contribution in [1.29, 1.82) is 0 Å². The van der Waals surface area contributed by atoms with E-state index in [0.29, 0.717) is 13.0 Å². The van der Waals surface area contributed by atoms with Gasteiger partial charge in [0.25, 0.3) is 5.91 Å². The van der Waals surface area contributed by atoms with E-state index in [1.54, 1.807) is 0 Å². The van der Waals surface area contributed by atoms with Crippen LogP contribution in [0, 0.1) is 0 Å². The molecule has 5 heteroatoms. The van der Waals surface area contributed by atoms with Gasteiger partial charge < -0.3 is 20.5 Å². The van der Waals surface area contributed by atoms with E-state index >= 15 is 0 Å². The first-order chi connectivity index (χ1) is 9.16. The molecular weight excluding hydrogens is 244 g/mol. The Balaban J connectivity index is 1.80. The molecule has 1 aromatic carbocycles. The van der Waals surface area contributed by atoms with Crippen molar-refractivity contribution in [3.05, 3.63) is 35.4 Å². The third kappa shape index (κ3) is 3.79. The Hall–Kier alpha value is -1.88. The van der Waals surface area contributed by atoms with Crippen LogP contribution in [0.4, 0.5) is 0 Å². The number of nitrogens with one attached hydrogen (secondary N) is 1. The molecule has 0 aliphatic carbocycles. The fourth-order valence-corrected chi connectivity index (χ4v) is 2.32. The first-order valence-corrected chi connectivity index (χ1v) is 6.54. The molecule has 1 amide bonds. The standard InChI is InChI=1S/C14H18N2O3/c17-13(18)6-3-7-15-14(19)12-8-10-4-1-2-5-11(10)9-16-12/h1-2,4-5,12,16H,3,6-9H2,(H,15,19)(H,17,18)/t12-/m0/s1. The van der Waals surface area contributed by atoms with Gasteiger partial charge in [-0.05, 0) is 18.4 Å². The lowest BCUT2D eigenvalue weighted by molar-refractivity contribution is -0.695. The van der Waals surface area contributed by atoms with Crippen LogP contribution in [0.1, 0.15) is 24.0 Å². The van der Waals surface area contributed by atoms with Gasteiger partial charge in [0.15, 0.2) is 6.04 Å². The number of nitrogens with two attached hydrogens (primary N) is 1. The molecule has 0 spiro atoms. The highest BCUT2D eigenvalue weighted by Crippen LogP contribution is 2.12. The van der Waals surface area contributed by atoms with E-state index < -0.39 is 5.97 Å². The van der Waals surface area contributed by atoms with Crippen molar-refractivity contribution in [2.75, 3.05) is 6.54 Å². The molecule has 0 fully saturated rings. The van der Waals surface area contributed by atoms with Gasteiger partial charge in [-0.15, -0.1) is 0 Å². The van der Waals surface area contributed by atoms with Crippen molar-refractivity contribution in [2.24, 2.45) is 0 Å². The summed E-state index contributed by atoms with van der Waals surface area (Å²) in [5, 5.41) is 15.1. The summed E-state index contributed by atoms with van der Waals surface area (Å²) in [6.07, 6.45) is 1.12. The van der Waals surface area contributed by atoms with Gasteiger partial charge in [-0.2, -0.15) is 0 Å². The molecular formula is C14H18N2O3. The zero-order valence-corrected chi connectivity index (χ0v) is 10.7. The molecule has 0 saturated carbocycles. The molecule has 0 aromatic heterocycles. The van der Waals surface area contributed by atoms with E-state index in [2.05, 4.69) is 17.4 Å². The molecule has 0 unspecified atom stereocenters. The fourth-order valence-electron chi connectivity index (χ4n) is 2.32. The first-order valence-electron chi connectivity index (χ1n) is 6.54. The summed E-state index contributed by atoms with van der Waals surface area (Å²) in [6.45, 7) is 1.20. The maximum Gasteiger partial charge on any atom is 0.278 e. The molecule has 1 aliphatic rings. The van der Waals surface area contributed by atoms with E-state index in [1.807, 2.05) is 17.4 Å². The van der Waals surface area contributed by atoms with Crippen molar-refractivity contribution in [3.63, 3.8) is 0 Å². The Morgan fingerprint density at radius 3 is 2.79 bits per heavy atom. The average Bonchev–Trinajstić information content (AvgIpc) is 2.42. The number of rotatable bonds is 5. The van der Waals surface area contributed by atoms with Gasteiger partial charge in [-0.3, -0.25) is 4.79 Å². The van der Waals surface area contributed by atoms with Crippen molar-refractivity contribution < 1.29 is 20.0 Å². The number of fused-ring (bicyclic) bond motifs is 1. The smallest absolute Gasteiger partial charge is 0.278 e. The predicted molar refractivity (Wildman–Crippen MR) is 66.8 cm³/mol. The molecule has 1 aliphatic heterocycles. The van der Waals surface area contributed by atoms with Gasteiger partial charge >= 0.3 is 0 Å². The van der Waals surface area contributed by atoms with Crippen LogP contribution in [0.15, 0.2) is 24.3 Å². The number of carboxylic acid groups (broad SMARTS) is 1. The van der Waals surface area contributed by atoms with E-state index in [4.69, 9.17) is 0 Å². The Kier molecular flexibility index (Phi) is 4.52. The predicted octanol–water partition coefficient (Wildman–Crippen LogP) is -1.68. The van der Waals surface area contributed by atoms with E-state index in [1.165, 1.54) is 11.1 Å². The zero-order valence-electron chi connectivity index (χ0n) is 10.7. The van der Waals surface area contributed by atoms with Gasteiger partial charge in [0.05, 0.1) is 0 Å². The SMILES string of the molecule is O=C([O-])CCCNC(=O)[C@@H]1Cc2ccccc2C[NH2+]1. The fraction of sp³-hybridized carbons (Fsp3) is 0.429. The third-order valence-electron chi connectivity index (χ3n) is 3.37. The lowest BCUT2D eigenvalue weighted by atomic mass is 9.95. The van der Waals surface area contributed by atoms with Crippen LogP contribution in [0.5, 0.6) is 0 Å². The lowest BCUT2D eigenvalue weighted by Gasteiger charge is -2.22. The zero-order chi connectivity index (χ0) is 13.7. The summed E-state index contributed by atoms with van der Waals surface area (Å²) in [6, 6.07) is 8.02. The van der Waals surface area contributed by atoms with Crippen molar-refractivity contribution >= 4 is 11.9 Å². The molecule has 2 rings (SSSR count). The van der Waals surface area contributed by atoms with Crippen LogP contribution in [0.25, 0.3) is 0 Å². The number of carbonyl (C=O) groups excluding carboxylic acids is 2. The van der Waals surface area contributed by atoms with Crippen molar-refractivity contribution in [1.82, 2.24) is 5.32 Å². The topological polar surface area (TPSA) is 85.8 Å². The van der Waals surface area contributed by atoms with Gasteiger partial charge in [0, 0.05) is 24.5 Å². The molecule has 19 heavy (non-hydrogen) atoms. The van der Waals surface area contributed by atoms with Gasteiger partial charge in [-0.25, -0.2) is 0 Å². The maximum atomic E-state index is 11.9. The molecule has 1 heterocycles. The maximum absolute atomic E-state index is 11.9. The van der Waals surface area contributed by atoms with Crippen LogP contribution in [-0.2, 0) is 22.6 Å². The van der Waals surface area contributed by atoms with Crippen LogP contribution in [0.2, 0.25) is 0 Å². The second-order valence-electron chi connectivity index (χ2n) is 4.79. The Morgan fingerprint density at radius 2 is 2.05 bits per heavy atom. The number of carbonyl (C=O) groups is 2. The monoisotopic (exact) mass is 262 g/mol. The number of benzene rings is 1. The quantitative estimate of drug-likeness (QED) is 0.622. The summed E-state index contributed by atoms with van der Waals surface area (Å²) in [5.74, 6) is -1.10. The summed E-state index contributed by atoms with van der Waals surface area (Å²) in [5.41, 5.74) is 2.50. The number of aliphatic carboxylic acids is 1. The Morgan fingerprint density at radius 1 is 1.32 bits per heavy atom. The molecule has 5 nitrogen and oxygen atoms in total. The van der Waals surface area contributed by atoms with E-state index in [9.17, 15) is 14.7 Å². The number of carboxylic acids is 1. The van der Waals surface area contributed by atoms with Gasteiger partial charge in [0.2, 0.25) is 0 Å². The summed E-state index contributed by atoms with van der Waals surface area (Å²) in [7, 11) is 0. The van der Waals surface area contributed by atoms with Crippen molar-refractivity contribution in [2.45, 2.75) is 31.8 Å². The summed E-state index contributed by atoms with van der Waals surface area (Å²) < 4.78 is 0. The second kappa shape index (κ2) is 6.33. The largest absolute Gasteiger partial charge is 0.550 e. The van der Waals surface area contributed by atoms with Crippen LogP contribution >= 0.6 is 0 Å². The minimum absolute atomic E-state index is 0.0164. The van der Waals surface area contributed by atoms with Crippen molar-refractivity contribution in [3.8, 4) is 0 Å². The summed E-state index contributed by atoms with van der Waals surface area (Å²) in [4.78, 5) is 22.2. The highest BCUT2D eigenvalue weighted by Gasteiger charge is 2.26. The average molecular weight is 262 g/mol. The number of hydrogen-bond acceptors (Lipinski definition) is 3. The number of quaternary nitrogens is 1. The highest BCUT2D eigenvalue weighted by atomic mass is 16.4. The normalized spacial score (nSPS) is 17.6. The van der Waals surface area contributed by atoms with Gasteiger partial charge in [0.1, 0.15) is 6.54 Å². The second-order valence-corrected chi connectivity index (χ2v) is 4.79. The molecule has 3 N–H and O–H groups in total. The number of amides is 1. The number of hydrogen-bond donors (Lipinski definition) is 2. The Labute approximate surface area is 112 Å². The molecule has 102 valence electrons. The Bertz CT molecular complexity index is 474. The van der Waals surface area contributed by atoms with Crippen LogP contribution in [-0.4, -0.2) is 24.5 Å². The van der Waals surface area contributed by atoms with Crippen LogP contribution in [0.3, 0.4) is 0 Å². The van der Waals surface area contributed by atoms with E-state index in [0.717, 1.165) is 13.0 Å². The molecule has 0 radical (unpaired) electrons. The third-order valence-corrected chi connectivity index (χ3v) is 3.37. The molecule has 1 atom stereocenters. The first kappa shape index (κ1) is 13.5. The van der Waals surface area contributed by atoms with E-state index in [-0.39, 0.29) is 18.4 Å². The van der Waals surface area contributed by atoms with Crippen LogP contribution < -0.4 is 15.7 Å². The minimum atomic E-state index is -1.08. The lowest BCUT2D eigenvalue weighted by Crippen LogP contribution is -2.93. The minimum Gasteiger partial charge on any atom is -0.550 e. The van der Waals surface area contributed by atoms with Gasteiger partial charge in [-0.1, -0.05) is 24.3 Å².